The van der Waals surface area contributed by atoms with Gasteiger partial charge >= 0.3 is 0 Å². The molecule has 5 nitrogen and oxygen atoms in total. The number of furan rings is 1. The minimum Gasteiger partial charge on any atom is -0.464 e. The first-order valence-electron chi connectivity index (χ1n) is 8.51. The summed E-state index contributed by atoms with van der Waals surface area (Å²) in [5, 5.41) is 4.38. The van der Waals surface area contributed by atoms with E-state index in [4.69, 9.17) is 4.42 Å². The molecule has 3 aromatic rings. The highest BCUT2D eigenvalue weighted by molar-refractivity contribution is 5.95. The molecular formula is C20H22FN3O2. The van der Waals surface area contributed by atoms with Gasteiger partial charge in [-0.3, -0.25) is 4.79 Å². The molecule has 0 atom stereocenters. The van der Waals surface area contributed by atoms with E-state index in [0.29, 0.717) is 12.1 Å². The smallest absolute Gasteiger partial charge is 0.257 e. The molecule has 136 valence electrons. The van der Waals surface area contributed by atoms with Crippen molar-refractivity contribution in [3.63, 3.8) is 0 Å². The monoisotopic (exact) mass is 355 g/mol. The molecule has 0 fully saturated rings. The van der Waals surface area contributed by atoms with Crippen LogP contribution in [0.2, 0.25) is 0 Å². The quantitative estimate of drug-likeness (QED) is 0.685. The van der Waals surface area contributed by atoms with Gasteiger partial charge in [-0.25, -0.2) is 9.07 Å². The molecule has 6 heteroatoms. The number of amides is 1. The summed E-state index contributed by atoms with van der Waals surface area (Å²) in [5.41, 5.74) is 2.05. The van der Waals surface area contributed by atoms with E-state index >= 15 is 0 Å². The number of rotatable bonds is 5. The highest BCUT2D eigenvalue weighted by atomic mass is 19.1. The van der Waals surface area contributed by atoms with Crippen molar-refractivity contribution in [2.75, 3.05) is 7.05 Å². The van der Waals surface area contributed by atoms with Crippen LogP contribution in [0.5, 0.6) is 0 Å². The van der Waals surface area contributed by atoms with Crippen molar-refractivity contribution >= 4 is 5.91 Å². The molecule has 1 amide bonds. The molecule has 3 rings (SSSR count). The van der Waals surface area contributed by atoms with E-state index in [2.05, 4.69) is 5.10 Å². The number of aryl methyl sites for hydroxylation is 1. The second kappa shape index (κ2) is 7.15. The fourth-order valence-corrected chi connectivity index (χ4v) is 2.95. The molecule has 0 N–H and O–H groups in total. The summed E-state index contributed by atoms with van der Waals surface area (Å²) in [5.74, 6) is 1.18. The SMILES string of the molecule is Cc1ccc(CN(C)C(=O)c2cnn(-c3ccc(F)cc3)c2C(C)C)o1. The van der Waals surface area contributed by atoms with E-state index in [9.17, 15) is 9.18 Å². The van der Waals surface area contributed by atoms with Crippen LogP contribution < -0.4 is 0 Å². The van der Waals surface area contributed by atoms with Gasteiger partial charge in [-0.15, -0.1) is 0 Å². The summed E-state index contributed by atoms with van der Waals surface area (Å²) in [4.78, 5) is 14.6. The Morgan fingerprint density at radius 2 is 1.92 bits per heavy atom. The van der Waals surface area contributed by atoms with Gasteiger partial charge in [0.25, 0.3) is 5.91 Å². The fourth-order valence-electron chi connectivity index (χ4n) is 2.95. The van der Waals surface area contributed by atoms with E-state index in [1.165, 1.54) is 12.1 Å². The van der Waals surface area contributed by atoms with Crippen molar-refractivity contribution in [3.05, 3.63) is 71.2 Å². The molecule has 0 aliphatic rings. The van der Waals surface area contributed by atoms with Crippen LogP contribution in [0.1, 0.15) is 47.3 Å². The van der Waals surface area contributed by atoms with Gasteiger partial charge in [-0.2, -0.15) is 5.10 Å². The third-order valence-electron chi connectivity index (χ3n) is 4.19. The van der Waals surface area contributed by atoms with Crippen molar-refractivity contribution in [2.24, 2.45) is 0 Å². The maximum Gasteiger partial charge on any atom is 0.257 e. The molecule has 0 unspecified atom stereocenters. The van der Waals surface area contributed by atoms with Crippen LogP contribution in [0.25, 0.3) is 5.69 Å². The highest BCUT2D eigenvalue weighted by Crippen LogP contribution is 2.24. The summed E-state index contributed by atoms with van der Waals surface area (Å²) in [6.45, 7) is 6.26. The van der Waals surface area contributed by atoms with Crippen LogP contribution in [0.15, 0.2) is 47.0 Å². The molecule has 0 spiro atoms. The van der Waals surface area contributed by atoms with Crippen molar-refractivity contribution in [1.29, 1.82) is 0 Å². The van der Waals surface area contributed by atoms with Crippen LogP contribution in [-0.2, 0) is 6.54 Å². The van der Waals surface area contributed by atoms with Crippen LogP contribution in [0.4, 0.5) is 4.39 Å². The molecule has 0 aliphatic heterocycles. The lowest BCUT2D eigenvalue weighted by Gasteiger charge is -2.18. The molecular weight excluding hydrogens is 333 g/mol. The Labute approximate surface area is 152 Å². The summed E-state index contributed by atoms with van der Waals surface area (Å²) < 4.78 is 20.5. The van der Waals surface area contributed by atoms with Crippen molar-refractivity contribution in [3.8, 4) is 5.69 Å². The first kappa shape index (κ1) is 17.9. The third-order valence-corrected chi connectivity index (χ3v) is 4.19. The zero-order chi connectivity index (χ0) is 18.8. The van der Waals surface area contributed by atoms with Crippen molar-refractivity contribution in [2.45, 2.75) is 33.2 Å². The Kier molecular flexibility index (Phi) is 4.93. The number of carbonyl (C=O) groups excluding carboxylic acids is 1. The maximum atomic E-state index is 13.2. The minimum atomic E-state index is -0.309. The number of aromatic nitrogens is 2. The van der Waals surface area contributed by atoms with E-state index in [1.807, 2.05) is 32.9 Å². The predicted octanol–water partition coefficient (Wildman–Crippen LogP) is 4.31. The fraction of sp³-hybridized carbons (Fsp3) is 0.300. The Hall–Kier alpha value is -2.89. The molecule has 26 heavy (non-hydrogen) atoms. The first-order chi connectivity index (χ1) is 12.4. The summed E-state index contributed by atoms with van der Waals surface area (Å²) in [6, 6.07) is 9.81. The number of nitrogens with zero attached hydrogens (tertiary/aromatic N) is 3. The molecule has 0 saturated carbocycles. The van der Waals surface area contributed by atoms with Crippen LogP contribution in [0, 0.1) is 12.7 Å². The third kappa shape index (κ3) is 3.54. The first-order valence-corrected chi connectivity index (χ1v) is 8.51. The van der Waals surface area contributed by atoms with E-state index < -0.39 is 0 Å². The molecule has 0 aliphatic carbocycles. The zero-order valence-electron chi connectivity index (χ0n) is 15.4. The highest BCUT2D eigenvalue weighted by Gasteiger charge is 2.23. The average Bonchev–Trinajstić information content (AvgIpc) is 3.21. The Morgan fingerprint density at radius 1 is 1.23 bits per heavy atom. The second-order valence-electron chi connectivity index (χ2n) is 6.66. The molecule has 0 bridgehead atoms. The lowest BCUT2D eigenvalue weighted by molar-refractivity contribution is 0.0773. The van der Waals surface area contributed by atoms with Gasteiger partial charge in [0.1, 0.15) is 17.3 Å². The molecule has 2 heterocycles. The van der Waals surface area contributed by atoms with Crippen LogP contribution in [0.3, 0.4) is 0 Å². The molecule has 0 saturated heterocycles. The zero-order valence-corrected chi connectivity index (χ0v) is 15.4. The van der Waals surface area contributed by atoms with E-state index in [-0.39, 0.29) is 17.6 Å². The normalized spacial score (nSPS) is 11.2. The maximum absolute atomic E-state index is 13.2. The summed E-state index contributed by atoms with van der Waals surface area (Å²) in [7, 11) is 1.74. The van der Waals surface area contributed by atoms with Crippen LogP contribution >= 0.6 is 0 Å². The number of carbonyl (C=O) groups is 1. The van der Waals surface area contributed by atoms with Gasteiger partial charge in [0, 0.05) is 7.05 Å². The Bertz CT molecular complexity index is 910. The van der Waals surface area contributed by atoms with Crippen molar-refractivity contribution < 1.29 is 13.6 Å². The lowest BCUT2D eigenvalue weighted by atomic mass is 10.0. The second-order valence-corrected chi connectivity index (χ2v) is 6.66. The lowest BCUT2D eigenvalue weighted by Crippen LogP contribution is -2.27. The predicted molar refractivity (Wildman–Crippen MR) is 96.9 cm³/mol. The number of halogens is 1. The average molecular weight is 355 g/mol. The van der Waals surface area contributed by atoms with Gasteiger partial charge < -0.3 is 9.32 Å². The minimum absolute atomic E-state index is 0.0701. The Morgan fingerprint density at radius 3 is 2.50 bits per heavy atom. The number of hydrogen-bond donors (Lipinski definition) is 0. The number of benzene rings is 1. The van der Waals surface area contributed by atoms with E-state index in [0.717, 1.165) is 22.9 Å². The molecule has 2 aromatic heterocycles. The van der Waals surface area contributed by atoms with Gasteiger partial charge in [0.05, 0.1) is 29.7 Å². The molecule has 1 aromatic carbocycles. The van der Waals surface area contributed by atoms with Gasteiger partial charge in [-0.05, 0) is 49.2 Å². The van der Waals surface area contributed by atoms with Gasteiger partial charge in [-0.1, -0.05) is 13.8 Å². The summed E-state index contributed by atoms with van der Waals surface area (Å²) >= 11 is 0. The topological polar surface area (TPSA) is 51.3 Å². The van der Waals surface area contributed by atoms with Crippen molar-refractivity contribution in [1.82, 2.24) is 14.7 Å². The molecule has 0 radical (unpaired) electrons. The standard InChI is InChI=1S/C20H22FN3O2/c1-13(2)19-18(11-22-24(19)16-8-6-15(21)7-9-16)20(25)23(4)12-17-10-5-14(3)26-17/h5-11,13H,12H2,1-4H3. The number of hydrogen-bond acceptors (Lipinski definition) is 3. The van der Waals surface area contributed by atoms with E-state index in [1.54, 1.807) is 35.0 Å². The largest absolute Gasteiger partial charge is 0.464 e. The van der Waals surface area contributed by atoms with Crippen LogP contribution in [-0.4, -0.2) is 27.6 Å². The summed E-state index contributed by atoms with van der Waals surface area (Å²) in [6.07, 6.45) is 1.57. The van der Waals surface area contributed by atoms with Gasteiger partial charge in [0.2, 0.25) is 0 Å². The Balaban J connectivity index is 1.91. The van der Waals surface area contributed by atoms with Gasteiger partial charge in [0.15, 0.2) is 0 Å².